The molecule has 6 aromatic carbocycles. The minimum absolute atomic E-state index is 0.0126. The zero-order valence-electron chi connectivity index (χ0n) is 37.6. The molecule has 0 fully saturated rings. The highest BCUT2D eigenvalue weighted by Gasteiger charge is 2.45. The number of hydrogen-bond acceptors (Lipinski definition) is 2. The summed E-state index contributed by atoms with van der Waals surface area (Å²) in [5, 5.41) is 0. The summed E-state index contributed by atoms with van der Waals surface area (Å²) in [6.07, 6.45) is 0. The Hall–Kier alpha value is -5.02. The Balaban J connectivity index is 1.52. The minimum atomic E-state index is -2.34. The largest absolute Gasteiger partial charge is 0.311 e. The van der Waals surface area contributed by atoms with Crippen molar-refractivity contribution in [1.82, 2.24) is 0 Å². The van der Waals surface area contributed by atoms with Gasteiger partial charge >= 0.3 is 0 Å². The van der Waals surface area contributed by atoms with Crippen LogP contribution in [0.2, 0.25) is 0 Å². The Kier molecular flexibility index (Phi) is 7.74. The van der Waals surface area contributed by atoms with Crippen LogP contribution < -0.4 is 26.2 Å². The molecule has 3 heteroatoms. The lowest BCUT2D eigenvalue weighted by Crippen LogP contribution is -2.61. The molecular weight excluding hydrogens is 663 g/mol. The number of rotatable bonds is 4. The number of para-hydroxylation sites is 1. The van der Waals surface area contributed by atoms with Gasteiger partial charge in [-0.3, -0.25) is 0 Å². The zero-order chi connectivity index (χ0) is 41.7. The van der Waals surface area contributed by atoms with Crippen molar-refractivity contribution in [1.29, 1.82) is 0 Å². The topological polar surface area (TPSA) is 6.48 Å². The van der Waals surface area contributed by atoms with E-state index in [-0.39, 0.29) is 28.4 Å². The van der Waals surface area contributed by atoms with E-state index >= 15 is 0 Å². The number of nitrogens with zero attached hydrogens (tertiary/aromatic N) is 2. The van der Waals surface area contributed by atoms with Gasteiger partial charge in [-0.15, -0.1) is 0 Å². The summed E-state index contributed by atoms with van der Waals surface area (Å²) in [5.74, 6) is 0. The molecule has 0 unspecified atom stereocenters. The van der Waals surface area contributed by atoms with E-state index in [1.807, 2.05) is 12.1 Å². The number of anilines is 6. The quantitative estimate of drug-likeness (QED) is 0.167. The Bertz CT molecular complexity index is 2530. The van der Waals surface area contributed by atoms with Gasteiger partial charge in [0.05, 0.1) is 0 Å². The minimum Gasteiger partial charge on any atom is -0.311 e. The number of fused-ring (bicyclic) bond motifs is 4. The smallest absolute Gasteiger partial charge is 0.252 e. The van der Waals surface area contributed by atoms with E-state index in [0.29, 0.717) is 5.56 Å². The lowest BCUT2D eigenvalue weighted by molar-refractivity contribution is 0.590. The van der Waals surface area contributed by atoms with Crippen LogP contribution in [-0.4, -0.2) is 6.71 Å². The lowest BCUT2D eigenvalue weighted by Gasteiger charge is -2.46. The molecule has 0 bridgehead atoms. The third-order valence-corrected chi connectivity index (χ3v) is 12.1. The van der Waals surface area contributed by atoms with Gasteiger partial charge in [0.2, 0.25) is 0 Å². The summed E-state index contributed by atoms with van der Waals surface area (Å²) in [4.78, 5) is 4.70. The summed E-state index contributed by atoms with van der Waals surface area (Å²) in [6.45, 7) is 22.5. The SMILES string of the molecule is [2H]C([2H])([2H])c1cc2c3c(c1)N(c1ccccc1C(C)(C)C)c1ccc(C(C)(C)c4ccccc4)cc1B3c1cc(C(C)(C)C)ccc1N2c1ccc(C(C)(C)C)cc1. The van der Waals surface area contributed by atoms with Crippen LogP contribution in [0.1, 0.15) is 114 Å². The third-order valence-electron chi connectivity index (χ3n) is 12.1. The van der Waals surface area contributed by atoms with Gasteiger partial charge in [-0.1, -0.05) is 161 Å². The molecule has 0 saturated carbocycles. The standard InChI is InChI=1S/C52H57BN2/c1-34-30-46-48-47(31-34)55(43-21-17-16-20-40(43)51(8,9)10)45-29-25-38(52(11,12)36-18-14-13-15-19-36)33-42(45)53(48)41-32-37(50(5,6)7)24-28-44(41)54(46)39-26-22-35(23-27-39)49(2,3)4/h13-33H,1-12H3/i1D3. The van der Waals surface area contributed by atoms with Crippen LogP contribution in [-0.2, 0) is 21.7 Å². The Labute approximate surface area is 335 Å². The first kappa shape index (κ1) is 33.3. The van der Waals surface area contributed by atoms with Crippen LogP contribution in [0.5, 0.6) is 0 Å². The van der Waals surface area contributed by atoms with Gasteiger partial charge in [-0.05, 0) is 115 Å². The fraction of sp³-hybridized carbons (Fsp3) is 0.308. The van der Waals surface area contributed by atoms with E-state index in [1.165, 1.54) is 38.7 Å². The highest BCUT2D eigenvalue weighted by molar-refractivity contribution is 7.00. The molecule has 8 rings (SSSR count). The first-order chi connectivity index (χ1) is 27.1. The summed E-state index contributed by atoms with van der Waals surface area (Å²) < 4.78 is 26.6. The fourth-order valence-electron chi connectivity index (χ4n) is 8.83. The van der Waals surface area contributed by atoms with Crippen LogP contribution in [0.4, 0.5) is 34.1 Å². The van der Waals surface area contributed by atoms with E-state index < -0.39 is 6.85 Å². The molecule has 278 valence electrons. The summed E-state index contributed by atoms with van der Waals surface area (Å²) in [7, 11) is 0. The van der Waals surface area contributed by atoms with Gasteiger partial charge in [-0.2, -0.15) is 0 Å². The van der Waals surface area contributed by atoms with Gasteiger partial charge in [0.1, 0.15) is 0 Å². The number of benzene rings is 6. The van der Waals surface area contributed by atoms with Crippen molar-refractivity contribution in [2.24, 2.45) is 0 Å². The van der Waals surface area contributed by atoms with Crippen LogP contribution in [0.3, 0.4) is 0 Å². The van der Waals surface area contributed by atoms with Crippen molar-refractivity contribution in [3.05, 3.63) is 161 Å². The number of hydrogen-bond donors (Lipinski definition) is 0. The lowest BCUT2D eigenvalue weighted by atomic mass is 9.33. The summed E-state index contributed by atoms with van der Waals surface area (Å²) >= 11 is 0. The van der Waals surface area contributed by atoms with Crippen LogP contribution in [0.15, 0.2) is 127 Å². The second-order valence-electron chi connectivity index (χ2n) is 19.4. The van der Waals surface area contributed by atoms with Crippen molar-refractivity contribution in [2.45, 2.75) is 105 Å². The van der Waals surface area contributed by atoms with Gasteiger partial charge in [0.25, 0.3) is 6.71 Å². The van der Waals surface area contributed by atoms with Gasteiger partial charge in [0, 0.05) is 43.7 Å². The predicted molar refractivity (Wildman–Crippen MR) is 240 cm³/mol. The average Bonchev–Trinajstić information content (AvgIpc) is 3.16. The molecule has 0 N–H and O–H groups in total. The van der Waals surface area contributed by atoms with Crippen LogP contribution >= 0.6 is 0 Å². The maximum atomic E-state index is 8.87. The molecule has 2 nitrogen and oxygen atoms in total. The monoisotopic (exact) mass is 723 g/mol. The van der Waals surface area contributed by atoms with Crippen molar-refractivity contribution in [3.63, 3.8) is 0 Å². The highest BCUT2D eigenvalue weighted by Crippen LogP contribution is 2.48. The fourth-order valence-corrected chi connectivity index (χ4v) is 8.83. The van der Waals surface area contributed by atoms with Crippen molar-refractivity contribution in [3.8, 4) is 0 Å². The van der Waals surface area contributed by atoms with E-state index in [2.05, 4.69) is 201 Å². The normalized spacial score (nSPS) is 15.1. The van der Waals surface area contributed by atoms with Crippen LogP contribution in [0, 0.1) is 6.85 Å². The second kappa shape index (κ2) is 12.8. The molecule has 2 aliphatic heterocycles. The van der Waals surface area contributed by atoms with Crippen molar-refractivity contribution in [2.75, 3.05) is 9.80 Å². The Morgan fingerprint density at radius 3 is 1.56 bits per heavy atom. The van der Waals surface area contributed by atoms with E-state index in [4.69, 9.17) is 4.11 Å². The first-order valence-electron chi connectivity index (χ1n) is 21.4. The van der Waals surface area contributed by atoms with Gasteiger partial charge < -0.3 is 9.80 Å². The molecular formula is C52H57BN2. The maximum Gasteiger partial charge on any atom is 0.252 e. The highest BCUT2D eigenvalue weighted by atomic mass is 15.2. The molecule has 0 amide bonds. The molecule has 2 aliphatic rings. The molecule has 55 heavy (non-hydrogen) atoms. The molecule has 6 aromatic rings. The van der Waals surface area contributed by atoms with Crippen molar-refractivity contribution < 1.29 is 4.11 Å². The Morgan fingerprint density at radius 2 is 0.964 bits per heavy atom. The third kappa shape index (κ3) is 6.21. The first-order valence-corrected chi connectivity index (χ1v) is 19.9. The van der Waals surface area contributed by atoms with Gasteiger partial charge in [0.15, 0.2) is 0 Å². The van der Waals surface area contributed by atoms with Crippen molar-refractivity contribution >= 4 is 57.2 Å². The van der Waals surface area contributed by atoms with Gasteiger partial charge in [-0.25, -0.2) is 0 Å². The number of aryl methyl sites for hydroxylation is 1. The van der Waals surface area contributed by atoms with E-state index in [0.717, 1.165) is 39.6 Å². The second-order valence-corrected chi connectivity index (χ2v) is 19.4. The predicted octanol–water partition coefficient (Wildman–Crippen LogP) is 12.3. The Morgan fingerprint density at radius 1 is 0.436 bits per heavy atom. The maximum absolute atomic E-state index is 8.87. The zero-order valence-corrected chi connectivity index (χ0v) is 34.6. The van der Waals surface area contributed by atoms with E-state index in [9.17, 15) is 0 Å². The van der Waals surface area contributed by atoms with E-state index in [1.54, 1.807) is 0 Å². The molecule has 0 aliphatic carbocycles. The van der Waals surface area contributed by atoms with Crippen LogP contribution in [0.25, 0.3) is 0 Å². The average molecular weight is 724 g/mol. The molecule has 2 heterocycles. The molecule has 0 atom stereocenters. The molecule has 0 aromatic heterocycles. The summed E-state index contributed by atoms with van der Waals surface area (Å²) in [6, 6.07) is 46.2. The summed E-state index contributed by atoms with van der Waals surface area (Å²) in [5.41, 5.74) is 15.6. The molecule has 0 saturated heterocycles. The molecule has 0 radical (unpaired) electrons. The molecule has 0 spiro atoms.